The molecule has 0 aliphatic heterocycles. The summed E-state index contributed by atoms with van der Waals surface area (Å²) < 4.78 is 0. The Bertz CT molecular complexity index is 1650. The minimum absolute atomic E-state index is 0.00208. The number of halogens is 1. The first-order valence-corrected chi connectivity index (χ1v) is 13.5. The van der Waals surface area contributed by atoms with Gasteiger partial charge in [-0.2, -0.15) is 0 Å². The molecule has 0 aliphatic rings. The number of imidazole rings is 1. The zero-order valence-corrected chi connectivity index (χ0v) is 22.7. The first-order chi connectivity index (χ1) is 19.4. The molecular weight excluding hydrogens is 522 g/mol. The van der Waals surface area contributed by atoms with E-state index in [2.05, 4.69) is 22.2 Å². The Kier molecular flexibility index (Phi) is 8.08. The lowest BCUT2D eigenvalue weighted by molar-refractivity contribution is 0.0697. The number of hydrogen-bond acceptors (Lipinski definition) is 3. The van der Waals surface area contributed by atoms with E-state index in [4.69, 9.17) is 11.6 Å². The van der Waals surface area contributed by atoms with Crippen LogP contribution in [-0.4, -0.2) is 27.0 Å². The molecule has 5 aromatic rings. The normalized spacial score (nSPS) is 11.7. The molecule has 3 N–H and O–H groups in total. The molecule has 0 saturated carbocycles. The van der Waals surface area contributed by atoms with Crippen LogP contribution in [0, 0.1) is 0 Å². The third kappa shape index (κ3) is 5.82. The van der Waals surface area contributed by atoms with Gasteiger partial charge in [0.05, 0.1) is 23.5 Å². The number of hydrogen-bond donors (Lipinski definition) is 3. The van der Waals surface area contributed by atoms with Gasteiger partial charge in [-0.1, -0.05) is 91.7 Å². The van der Waals surface area contributed by atoms with Crippen molar-refractivity contribution in [3.05, 3.63) is 125 Å². The standard InChI is InChI=1S/C33H28ClN3O3/c1-2-9-29(21-10-5-3-6-11-21)37-32(38)23-14-16-25(28(18-23)33(39)40)27-19-24(34)15-17-26(27)31-35-20-30(36-31)22-12-7-4-8-13-22/h3-8,10-20,29H,2,9H2,1H3,(H,35,36)(H,37,38)(H,39,40)/t29-/m1/s1. The maximum Gasteiger partial charge on any atom is 0.336 e. The second kappa shape index (κ2) is 12.0. The van der Waals surface area contributed by atoms with Crippen LogP contribution in [0.1, 0.15) is 52.1 Å². The van der Waals surface area contributed by atoms with E-state index in [0.717, 1.165) is 29.7 Å². The van der Waals surface area contributed by atoms with E-state index in [-0.39, 0.29) is 23.1 Å². The Balaban J connectivity index is 1.51. The minimum Gasteiger partial charge on any atom is -0.478 e. The monoisotopic (exact) mass is 549 g/mol. The van der Waals surface area contributed by atoms with Crippen molar-refractivity contribution in [2.75, 3.05) is 0 Å². The highest BCUT2D eigenvalue weighted by atomic mass is 35.5. The molecule has 0 unspecified atom stereocenters. The molecule has 0 saturated heterocycles. The molecule has 1 heterocycles. The highest BCUT2D eigenvalue weighted by molar-refractivity contribution is 6.31. The van der Waals surface area contributed by atoms with Crippen LogP contribution < -0.4 is 5.32 Å². The number of aromatic amines is 1. The molecule has 4 aromatic carbocycles. The average molecular weight is 550 g/mol. The fourth-order valence-electron chi connectivity index (χ4n) is 4.80. The number of carbonyl (C=O) groups is 2. The highest BCUT2D eigenvalue weighted by Crippen LogP contribution is 2.36. The number of aromatic carboxylic acids is 1. The predicted octanol–water partition coefficient (Wildman–Crippen LogP) is 8.03. The van der Waals surface area contributed by atoms with Crippen molar-refractivity contribution in [3.8, 4) is 33.8 Å². The van der Waals surface area contributed by atoms with Gasteiger partial charge in [-0.05, 0) is 59.0 Å². The van der Waals surface area contributed by atoms with Crippen LogP contribution >= 0.6 is 11.6 Å². The van der Waals surface area contributed by atoms with Crippen LogP contribution in [0.15, 0.2) is 103 Å². The lowest BCUT2D eigenvalue weighted by Crippen LogP contribution is -2.28. The highest BCUT2D eigenvalue weighted by Gasteiger charge is 2.21. The second-order valence-electron chi connectivity index (χ2n) is 9.49. The number of aromatic nitrogens is 2. The van der Waals surface area contributed by atoms with Crippen LogP contribution in [0.25, 0.3) is 33.8 Å². The lowest BCUT2D eigenvalue weighted by Gasteiger charge is -2.19. The fraction of sp³-hybridized carbons (Fsp3) is 0.121. The van der Waals surface area contributed by atoms with Gasteiger partial charge in [0.25, 0.3) is 5.91 Å². The summed E-state index contributed by atoms with van der Waals surface area (Å²) in [4.78, 5) is 33.6. The number of nitrogens with one attached hydrogen (secondary N) is 2. The van der Waals surface area contributed by atoms with Crippen molar-refractivity contribution in [3.63, 3.8) is 0 Å². The van der Waals surface area contributed by atoms with E-state index >= 15 is 0 Å². The minimum atomic E-state index is -1.15. The first-order valence-electron chi connectivity index (χ1n) is 13.1. The summed E-state index contributed by atoms with van der Waals surface area (Å²) in [6, 6.07) is 29.4. The van der Waals surface area contributed by atoms with E-state index in [0.29, 0.717) is 27.5 Å². The third-order valence-corrected chi connectivity index (χ3v) is 7.02. The smallest absolute Gasteiger partial charge is 0.336 e. The number of benzene rings is 4. The van der Waals surface area contributed by atoms with Gasteiger partial charge in [-0.15, -0.1) is 0 Å². The summed E-state index contributed by atoms with van der Waals surface area (Å²) in [6.07, 6.45) is 3.39. The average Bonchev–Trinajstić information content (AvgIpc) is 3.47. The first kappa shape index (κ1) is 26.9. The van der Waals surface area contributed by atoms with Gasteiger partial charge in [0.2, 0.25) is 0 Å². The van der Waals surface area contributed by atoms with Crippen LogP contribution in [0.4, 0.5) is 0 Å². The molecule has 0 aliphatic carbocycles. The van der Waals surface area contributed by atoms with Crippen molar-refractivity contribution in [1.82, 2.24) is 15.3 Å². The zero-order valence-electron chi connectivity index (χ0n) is 21.9. The lowest BCUT2D eigenvalue weighted by atomic mass is 9.93. The molecule has 1 aromatic heterocycles. The molecule has 5 rings (SSSR count). The van der Waals surface area contributed by atoms with Gasteiger partial charge >= 0.3 is 5.97 Å². The molecule has 0 bridgehead atoms. The van der Waals surface area contributed by atoms with Crippen molar-refractivity contribution in [1.29, 1.82) is 0 Å². The van der Waals surface area contributed by atoms with Crippen LogP contribution in [0.2, 0.25) is 5.02 Å². The Morgan fingerprint density at radius 1 is 0.900 bits per heavy atom. The summed E-state index contributed by atoms with van der Waals surface area (Å²) in [5, 5.41) is 13.7. The van der Waals surface area contributed by atoms with E-state index in [1.807, 2.05) is 66.7 Å². The van der Waals surface area contributed by atoms with E-state index in [9.17, 15) is 14.7 Å². The number of amides is 1. The largest absolute Gasteiger partial charge is 0.478 e. The zero-order chi connectivity index (χ0) is 28.1. The van der Waals surface area contributed by atoms with Gasteiger partial charge in [-0.25, -0.2) is 9.78 Å². The molecule has 0 fully saturated rings. The van der Waals surface area contributed by atoms with Crippen molar-refractivity contribution in [2.24, 2.45) is 0 Å². The van der Waals surface area contributed by atoms with E-state index < -0.39 is 5.97 Å². The molecule has 1 atom stereocenters. The number of carboxylic acid groups (broad SMARTS) is 1. The van der Waals surface area contributed by atoms with E-state index in [1.54, 1.807) is 30.5 Å². The molecular formula is C33H28ClN3O3. The van der Waals surface area contributed by atoms with Crippen molar-refractivity contribution in [2.45, 2.75) is 25.8 Å². The van der Waals surface area contributed by atoms with Gasteiger partial charge in [0.1, 0.15) is 5.82 Å². The summed E-state index contributed by atoms with van der Waals surface area (Å²) >= 11 is 6.37. The van der Waals surface area contributed by atoms with Gasteiger partial charge in [-0.3, -0.25) is 4.79 Å². The maximum absolute atomic E-state index is 13.3. The molecule has 200 valence electrons. The van der Waals surface area contributed by atoms with Gasteiger partial charge in [0, 0.05) is 16.1 Å². The summed E-state index contributed by atoms with van der Waals surface area (Å²) in [7, 11) is 0. The Labute approximate surface area is 237 Å². The SMILES string of the molecule is CCC[C@@H](NC(=O)c1ccc(-c2cc(Cl)ccc2-c2ncc(-c3ccccc3)[nH]2)c(C(=O)O)c1)c1ccccc1. The van der Waals surface area contributed by atoms with Crippen molar-refractivity contribution >= 4 is 23.5 Å². The Morgan fingerprint density at radius 3 is 2.30 bits per heavy atom. The van der Waals surface area contributed by atoms with Crippen molar-refractivity contribution < 1.29 is 14.7 Å². The Hall–Kier alpha value is -4.68. The van der Waals surface area contributed by atoms with Crippen LogP contribution in [0.5, 0.6) is 0 Å². The molecule has 7 heteroatoms. The summed E-state index contributed by atoms with van der Waals surface area (Å²) in [5.41, 5.74) is 4.82. The summed E-state index contributed by atoms with van der Waals surface area (Å²) in [6.45, 7) is 2.06. The second-order valence-corrected chi connectivity index (χ2v) is 9.93. The van der Waals surface area contributed by atoms with E-state index in [1.165, 1.54) is 6.07 Å². The number of H-pyrrole nitrogens is 1. The number of nitrogens with zero attached hydrogens (tertiary/aromatic N) is 1. The maximum atomic E-state index is 13.3. The van der Waals surface area contributed by atoms with Gasteiger partial charge in [0.15, 0.2) is 0 Å². The molecule has 0 radical (unpaired) electrons. The predicted molar refractivity (Wildman–Crippen MR) is 158 cm³/mol. The molecule has 0 spiro atoms. The topological polar surface area (TPSA) is 95.1 Å². The fourth-order valence-corrected chi connectivity index (χ4v) is 4.98. The van der Waals surface area contributed by atoms with Gasteiger partial charge < -0.3 is 15.4 Å². The number of carbonyl (C=O) groups excluding carboxylic acids is 1. The molecule has 6 nitrogen and oxygen atoms in total. The quantitative estimate of drug-likeness (QED) is 0.173. The number of carboxylic acids is 1. The number of rotatable bonds is 9. The Morgan fingerprint density at radius 2 is 1.60 bits per heavy atom. The van der Waals surface area contributed by atoms with Crippen LogP contribution in [0.3, 0.4) is 0 Å². The summed E-state index contributed by atoms with van der Waals surface area (Å²) in [5.74, 6) is -0.900. The van der Waals surface area contributed by atoms with Crippen LogP contribution in [-0.2, 0) is 0 Å². The molecule has 1 amide bonds. The third-order valence-electron chi connectivity index (χ3n) is 6.78. The molecule has 40 heavy (non-hydrogen) atoms.